The molecule has 1 N–H and O–H groups in total. The van der Waals surface area contributed by atoms with E-state index >= 15 is 0 Å². The summed E-state index contributed by atoms with van der Waals surface area (Å²) in [4.78, 5) is 36.7. The highest BCUT2D eigenvalue weighted by molar-refractivity contribution is 7.17. The third kappa shape index (κ3) is 3.62. The van der Waals surface area contributed by atoms with Crippen LogP contribution in [0.2, 0.25) is 5.02 Å². The Morgan fingerprint density at radius 1 is 1.26 bits per heavy atom. The molecule has 3 rings (SSSR count). The number of nitrogens with one attached hydrogen (secondary N) is 1. The molecular weight excluding hydrogens is 407 g/mol. The zero-order chi connectivity index (χ0) is 19.9. The Kier molecular flexibility index (Phi) is 4.87. The van der Waals surface area contributed by atoms with Gasteiger partial charge in [-0.15, -0.1) is 11.3 Å². The average Bonchev–Trinajstić information content (AvgIpc) is 3.07. The van der Waals surface area contributed by atoms with E-state index in [0.29, 0.717) is 6.07 Å². The minimum atomic E-state index is -4.72. The second kappa shape index (κ2) is 6.86. The van der Waals surface area contributed by atoms with Crippen molar-refractivity contribution in [3.8, 4) is 0 Å². The summed E-state index contributed by atoms with van der Waals surface area (Å²) in [5.74, 6) is -0.851. The van der Waals surface area contributed by atoms with Crippen molar-refractivity contribution in [3.05, 3.63) is 61.1 Å². The van der Waals surface area contributed by atoms with E-state index in [4.69, 9.17) is 11.6 Å². The van der Waals surface area contributed by atoms with Crippen molar-refractivity contribution in [2.45, 2.75) is 12.7 Å². The van der Waals surface area contributed by atoms with Gasteiger partial charge in [0.25, 0.3) is 5.56 Å². The summed E-state index contributed by atoms with van der Waals surface area (Å²) in [7, 11) is 1.26. The summed E-state index contributed by atoms with van der Waals surface area (Å²) in [6.07, 6.45) is -4.72. The van der Waals surface area contributed by atoms with Crippen molar-refractivity contribution in [1.29, 1.82) is 0 Å². The van der Waals surface area contributed by atoms with Crippen molar-refractivity contribution in [1.82, 2.24) is 9.13 Å². The number of halogens is 4. The van der Waals surface area contributed by atoms with E-state index in [1.165, 1.54) is 19.2 Å². The Bertz CT molecular complexity index is 1160. The molecule has 0 fully saturated rings. The lowest BCUT2D eigenvalue weighted by molar-refractivity contribution is -0.137. The molecule has 0 saturated heterocycles. The number of carbonyl (C=O) groups is 1. The fourth-order valence-electron chi connectivity index (χ4n) is 2.54. The van der Waals surface area contributed by atoms with Gasteiger partial charge in [0.1, 0.15) is 11.2 Å². The predicted octanol–water partition coefficient (Wildman–Crippen LogP) is 3.07. The number of anilines is 1. The van der Waals surface area contributed by atoms with E-state index in [1.807, 2.05) is 0 Å². The van der Waals surface area contributed by atoms with Crippen molar-refractivity contribution < 1.29 is 18.0 Å². The van der Waals surface area contributed by atoms with E-state index < -0.39 is 41.1 Å². The first-order valence-electron chi connectivity index (χ1n) is 7.43. The number of aromatic nitrogens is 2. The molecule has 0 radical (unpaired) electrons. The number of hydrogen-bond donors (Lipinski definition) is 1. The fourth-order valence-corrected chi connectivity index (χ4v) is 3.59. The fraction of sp³-hybridized carbons (Fsp3) is 0.188. The van der Waals surface area contributed by atoms with Crippen LogP contribution in [0.5, 0.6) is 0 Å². The molecule has 1 amide bonds. The highest BCUT2D eigenvalue weighted by Gasteiger charge is 2.34. The number of benzene rings is 1. The van der Waals surface area contributed by atoms with E-state index in [-0.39, 0.29) is 15.2 Å². The number of fused-ring (bicyclic) bond motifs is 1. The summed E-state index contributed by atoms with van der Waals surface area (Å²) in [6.45, 7) is -0.555. The van der Waals surface area contributed by atoms with Crippen LogP contribution in [0, 0.1) is 0 Å². The first-order chi connectivity index (χ1) is 12.6. The zero-order valence-electron chi connectivity index (χ0n) is 13.6. The summed E-state index contributed by atoms with van der Waals surface area (Å²) in [5, 5.41) is 3.60. The number of amides is 1. The second-order valence-electron chi connectivity index (χ2n) is 5.60. The summed E-state index contributed by atoms with van der Waals surface area (Å²) in [6, 6.07) is 4.45. The average molecular weight is 418 g/mol. The van der Waals surface area contributed by atoms with Gasteiger partial charge >= 0.3 is 11.9 Å². The van der Waals surface area contributed by atoms with Gasteiger partial charge in [-0.2, -0.15) is 13.2 Å². The van der Waals surface area contributed by atoms with E-state index in [0.717, 1.165) is 26.5 Å². The van der Waals surface area contributed by atoms with Gasteiger partial charge in [-0.25, -0.2) is 4.79 Å². The molecule has 0 bridgehead atoms. The van der Waals surface area contributed by atoms with Crippen molar-refractivity contribution in [2.75, 3.05) is 5.32 Å². The number of hydrogen-bond acceptors (Lipinski definition) is 4. The predicted molar refractivity (Wildman–Crippen MR) is 96.4 cm³/mol. The van der Waals surface area contributed by atoms with Crippen LogP contribution in [0.3, 0.4) is 0 Å². The largest absolute Gasteiger partial charge is 0.418 e. The van der Waals surface area contributed by atoms with Gasteiger partial charge in [0, 0.05) is 12.1 Å². The van der Waals surface area contributed by atoms with E-state index in [1.54, 1.807) is 5.38 Å². The third-order valence-electron chi connectivity index (χ3n) is 3.81. The maximum atomic E-state index is 13.1. The molecule has 0 aliphatic heterocycles. The molecule has 0 saturated carbocycles. The Morgan fingerprint density at radius 3 is 2.63 bits per heavy atom. The molecule has 0 aliphatic carbocycles. The lowest BCUT2D eigenvalue weighted by Crippen LogP contribution is -2.39. The molecule has 2 heterocycles. The van der Waals surface area contributed by atoms with Gasteiger partial charge in [-0.1, -0.05) is 11.6 Å². The molecule has 0 aliphatic rings. The SMILES string of the molecule is Cn1c(=O)c2sccc2n(CC(=O)Nc2ccc(Cl)cc2C(F)(F)F)c1=O. The van der Waals surface area contributed by atoms with Gasteiger partial charge in [0.05, 0.1) is 16.8 Å². The third-order valence-corrected chi connectivity index (χ3v) is 4.94. The quantitative estimate of drug-likeness (QED) is 0.711. The number of thiophene rings is 1. The van der Waals surface area contributed by atoms with Crippen LogP contribution < -0.4 is 16.6 Å². The highest BCUT2D eigenvalue weighted by Crippen LogP contribution is 2.36. The maximum absolute atomic E-state index is 13.1. The summed E-state index contributed by atoms with van der Waals surface area (Å²) in [5.41, 5.74) is -2.57. The lowest BCUT2D eigenvalue weighted by atomic mass is 10.1. The molecule has 6 nitrogen and oxygen atoms in total. The second-order valence-corrected chi connectivity index (χ2v) is 6.96. The molecule has 0 spiro atoms. The standard InChI is InChI=1S/C16H11ClF3N3O3S/c1-22-14(25)13-11(4-5-27-13)23(15(22)26)7-12(24)21-10-3-2-8(17)6-9(10)16(18,19)20/h2-6H,7H2,1H3,(H,21,24). The van der Waals surface area contributed by atoms with Crippen molar-refractivity contribution >= 4 is 44.7 Å². The molecule has 1 aromatic carbocycles. The first kappa shape index (κ1) is 19.2. The lowest BCUT2D eigenvalue weighted by Gasteiger charge is -2.15. The van der Waals surface area contributed by atoms with E-state index in [9.17, 15) is 27.6 Å². The minimum absolute atomic E-state index is 0.130. The molecule has 11 heteroatoms. The molecule has 3 aromatic rings. The van der Waals surface area contributed by atoms with Gasteiger partial charge in [0.15, 0.2) is 0 Å². The molecular formula is C16H11ClF3N3O3S. The van der Waals surface area contributed by atoms with Crippen molar-refractivity contribution in [3.63, 3.8) is 0 Å². The van der Waals surface area contributed by atoms with Crippen LogP contribution in [0.4, 0.5) is 18.9 Å². The van der Waals surface area contributed by atoms with Crippen LogP contribution >= 0.6 is 22.9 Å². The zero-order valence-corrected chi connectivity index (χ0v) is 15.2. The van der Waals surface area contributed by atoms with Crippen molar-refractivity contribution in [2.24, 2.45) is 7.05 Å². The van der Waals surface area contributed by atoms with Crippen LogP contribution in [0.25, 0.3) is 10.2 Å². The van der Waals surface area contributed by atoms with Crippen LogP contribution in [0.1, 0.15) is 5.56 Å². The summed E-state index contributed by atoms with van der Waals surface area (Å²) >= 11 is 6.71. The van der Waals surface area contributed by atoms with E-state index in [2.05, 4.69) is 5.32 Å². The summed E-state index contributed by atoms with van der Waals surface area (Å²) < 4.78 is 41.5. The molecule has 142 valence electrons. The van der Waals surface area contributed by atoms with Gasteiger partial charge < -0.3 is 5.32 Å². The Balaban J connectivity index is 1.97. The van der Waals surface area contributed by atoms with Crippen LogP contribution in [-0.4, -0.2) is 15.0 Å². The number of alkyl halides is 3. The normalized spacial score (nSPS) is 11.7. The van der Waals surface area contributed by atoms with Crippen LogP contribution in [0.15, 0.2) is 39.2 Å². The minimum Gasteiger partial charge on any atom is -0.324 e. The topological polar surface area (TPSA) is 73.1 Å². The Labute approximate surface area is 158 Å². The number of carbonyl (C=O) groups excluding carboxylic acids is 1. The Morgan fingerprint density at radius 2 is 1.96 bits per heavy atom. The smallest absolute Gasteiger partial charge is 0.324 e. The number of rotatable bonds is 3. The molecule has 2 aromatic heterocycles. The van der Waals surface area contributed by atoms with Gasteiger partial charge in [0.2, 0.25) is 5.91 Å². The first-order valence-corrected chi connectivity index (χ1v) is 8.69. The Hall–Kier alpha value is -2.59. The molecule has 0 unspecified atom stereocenters. The number of nitrogens with zero attached hydrogens (tertiary/aromatic N) is 2. The van der Waals surface area contributed by atoms with Gasteiger partial charge in [-0.05, 0) is 29.6 Å². The van der Waals surface area contributed by atoms with Gasteiger partial charge in [-0.3, -0.25) is 18.7 Å². The maximum Gasteiger partial charge on any atom is 0.418 e. The highest BCUT2D eigenvalue weighted by atomic mass is 35.5. The molecule has 0 atom stereocenters. The molecule has 27 heavy (non-hydrogen) atoms. The van der Waals surface area contributed by atoms with Crippen LogP contribution in [-0.2, 0) is 24.6 Å². The monoisotopic (exact) mass is 417 g/mol.